The van der Waals surface area contributed by atoms with Gasteiger partial charge in [-0.3, -0.25) is 4.98 Å². The first-order valence-electron chi connectivity index (χ1n) is 4.80. The zero-order chi connectivity index (χ0) is 11.5. The molecule has 2 N–H and O–H groups in total. The van der Waals surface area contributed by atoms with Crippen LogP contribution in [0, 0.1) is 0 Å². The van der Waals surface area contributed by atoms with Crippen molar-refractivity contribution in [2.75, 3.05) is 0 Å². The number of hydrogen-bond acceptors (Lipinski definition) is 2. The van der Waals surface area contributed by atoms with E-state index in [-0.39, 0.29) is 6.04 Å². The van der Waals surface area contributed by atoms with Crippen molar-refractivity contribution in [3.63, 3.8) is 0 Å². The van der Waals surface area contributed by atoms with Crippen molar-refractivity contribution in [1.29, 1.82) is 0 Å². The summed E-state index contributed by atoms with van der Waals surface area (Å²) in [6.07, 6.45) is 1.68. The lowest BCUT2D eigenvalue weighted by molar-refractivity contribution is 0.829. The van der Waals surface area contributed by atoms with Crippen LogP contribution in [0.5, 0.6) is 0 Å². The van der Waals surface area contributed by atoms with Crippen LogP contribution in [0.3, 0.4) is 0 Å². The summed E-state index contributed by atoms with van der Waals surface area (Å²) in [5, 5.41) is 1.26. The fourth-order valence-electron chi connectivity index (χ4n) is 1.45. The van der Waals surface area contributed by atoms with Crippen LogP contribution in [-0.4, -0.2) is 4.98 Å². The maximum Gasteiger partial charge on any atom is 0.0802 e. The van der Waals surface area contributed by atoms with Crippen molar-refractivity contribution in [2.24, 2.45) is 5.73 Å². The molecule has 0 amide bonds. The number of nitrogens with zero attached hydrogens (tertiary/aromatic N) is 1. The number of halogens is 2. The van der Waals surface area contributed by atoms with E-state index in [1.54, 1.807) is 30.5 Å². The second kappa shape index (κ2) is 4.83. The van der Waals surface area contributed by atoms with E-state index in [0.717, 1.165) is 5.56 Å². The molecule has 1 atom stereocenters. The summed E-state index contributed by atoms with van der Waals surface area (Å²) in [6.45, 7) is 0. The Hall–Kier alpha value is -1.09. The van der Waals surface area contributed by atoms with E-state index in [9.17, 15) is 0 Å². The van der Waals surface area contributed by atoms with Gasteiger partial charge in [0, 0.05) is 11.2 Å². The van der Waals surface area contributed by atoms with Crippen molar-refractivity contribution >= 4 is 23.2 Å². The first-order chi connectivity index (χ1) is 7.68. The van der Waals surface area contributed by atoms with Gasteiger partial charge in [0.1, 0.15) is 0 Å². The molecule has 1 aromatic carbocycles. The third-order valence-electron chi connectivity index (χ3n) is 2.31. The van der Waals surface area contributed by atoms with E-state index in [1.807, 2.05) is 12.1 Å². The minimum Gasteiger partial charge on any atom is -0.319 e. The van der Waals surface area contributed by atoms with Gasteiger partial charge in [0.25, 0.3) is 0 Å². The van der Waals surface area contributed by atoms with Crippen molar-refractivity contribution in [1.82, 2.24) is 4.98 Å². The minimum absolute atomic E-state index is 0.328. The van der Waals surface area contributed by atoms with Crippen LogP contribution in [0.1, 0.15) is 17.3 Å². The van der Waals surface area contributed by atoms with Gasteiger partial charge in [0.15, 0.2) is 0 Å². The first kappa shape index (κ1) is 11.4. The fourth-order valence-corrected chi connectivity index (χ4v) is 1.82. The SMILES string of the molecule is NC(c1ccc(Cl)cc1)c1ncccc1Cl. The monoisotopic (exact) mass is 252 g/mol. The van der Waals surface area contributed by atoms with Crippen LogP contribution < -0.4 is 5.73 Å². The normalized spacial score (nSPS) is 12.4. The summed E-state index contributed by atoms with van der Waals surface area (Å²) >= 11 is 11.8. The van der Waals surface area contributed by atoms with Crippen molar-refractivity contribution < 1.29 is 0 Å². The molecule has 1 heterocycles. The van der Waals surface area contributed by atoms with Gasteiger partial charge in [-0.15, -0.1) is 0 Å². The van der Waals surface area contributed by atoms with Crippen molar-refractivity contribution in [3.05, 3.63) is 63.9 Å². The van der Waals surface area contributed by atoms with E-state index in [1.165, 1.54) is 0 Å². The molecule has 0 aliphatic carbocycles. The lowest BCUT2D eigenvalue weighted by atomic mass is 10.0. The Kier molecular flexibility index (Phi) is 3.44. The Morgan fingerprint density at radius 3 is 2.38 bits per heavy atom. The Balaban J connectivity index is 2.35. The molecule has 0 spiro atoms. The van der Waals surface area contributed by atoms with Crippen molar-refractivity contribution in [3.8, 4) is 0 Å². The number of benzene rings is 1. The average Bonchev–Trinajstić information content (AvgIpc) is 2.30. The van der Waals surface area contributed by atoms with Gasteiger partial charge in [0.05, 0.1) is 16.8 Å². The molecule has 82 valence electrons. The minimum atomic E-state index is -0.328. The molecule has 0 radical (unpaired) electrons. The molecular formula is C12H10Cl2N2. The number of hydrogen-bond donors (Lipinski definition) is 1. The highest BCUT2D eigenvalue weighted by Crippen LogP contribution is 2.24. The number of pyridine rings is 1. The summed E-state index contributed by atoms with van der Waals surface area (Å²) in [4.78, 5) is 4.19. The second-order valence-electron chi connectivity index (χ2n) is 3.40. The van der Waals surface area contributed by atoms with Gasteiger partial charge in [-0.2, -0.15) is 0 Å². The molecule has 2 aromatic rings. The zero-order valence-corrected chi connectivity index (χ0v) is 9.91. The lowest BCUT2D eigenvalue weighted by Crippen LogP contribution is -2.13. The van der Waals surface area contributed by atoms with E-state index >= 15 is 0 Å². The first-order valence-corrected chi connectivity index (χ1v) is 5.55. The molecule has 1 unspecified atom stereocenters. The molecule has 2 rings (SSSR count). The summed E-state index contributed by atoms with van der Waals surface area (Å²) in [5.74, 6) is 0. The molecule has 4 heteroatoms. The van der Waals surface area contributed by atoms with Crippen molar-refractivity contribution in [2.45, 2.75) is 6.04 Å². The highest BCUT2D eigenvalue weighted by molar-refractivity contribution is 6.31. The quantitative estimate of drug-likeness (QED) is 0.890. The Morgan fingerprint density at radius 1 is 1.06 bits per heavy atom. The smallest absolute Gasteiger partial charge is 0.0802 e. The summed E-state index contributed by atoms with van der Waals surface area (Å²) in [6, 6.07) is 10.6. The Bertz CT molecular complexity index is 483. The van der Waals surface area contributed by atoms with Crippen LogP contribution >= 0.6 is 23.2 Å². The molecule has 0 bridgehead atoms. The molecule has 2 nitrogen and oxygen atoms in total. The predicted octanol–water partition coefficient (Wildman–Crippen LogP) is 3.44. The molecule has 0 fully saturated rings. The summed E-state index contributed by atoms with van der Waals surface area (Å²) in [5.41, 5.74) is 7.69. The lowest BCUT2D eigenvalue weighted by Gasteiger charge is -2.12. The highest BCUT2D eigenvalue weighted by atomic mass is 35.5. The third kappa shape index (κ3) is 2.35. The molecule has 1 aromatic heterocycles. The Labute approximate surface area is 104 Å². The van der Waals surface area contributed by atoms with Crippen LogP contribution in [0.15, 0.2) is 42.6 Å². The van der Waals surface area contributed by atoms with Gasteiger partial charge < -0.3 is 5.73 Å². The van der Waals surface area contributed by atoms with E-state index in [2.05, 4.69) is 4.98 Å². The highest BCUT2D eigenvalue weighted by Gasteiger charge is 2.13. The van der Waals surface area contributed by atoms with Crippen LogP contribution in [0.4, 0.5) is 0 Å². The number of rotatable bonds is 2. The van der Waals surface area contributed by atoms with Gasteiger partial charge in [0.2, 0.25) is 0 Å². The fraction of sp³-hybridized carbons (Fsp3) is 0.0833. The standard InChI is InChI=1S/C12H10Cl2N2/c13-9-5-3-8(4-6-9)11(15)12-10(14)2-1-7-16-12/h1-7,11H,15H2. The zero-order valence-electron chi connectivity index (χ0n) is 8.40. The predicted molar refractivity (Wildman–Crippen MR) is 66.7 cm³/mol. The maximum atomic E-state index is 6.08. The van der Waals surface area contributed by atoms with Gasteiger partial charge in [-0.05, 0) is 29.8 Å². The number of nitrogens with two attached hydrogens (primary N) is 1. The van der Waals surface area contributed by atoms with Gasteiger partial charge in [-0.25, -0.2) is 0 Å². The van der Waals surface area contributed by atoms with E-state index in [0.29, 0.717) is 15.7 Å². The molecular weight excluding hydrogens is 243 g/mol. The third-order valence-corrected chi connectivity index (χ3v) is 2.88. The van der Waals surface area contributed by atoms with Gasteiger partial charge in [-0.1, -0.05) is 35.3 Å². The second-order valence-corrected chi connectivity index (χ2v) is 4.24. The van der Waals surface area contributed by atoms with Crippen LogP contribution in [0.25, 0.3) is 0 Å². The summed E-state index contributed by atoms with van der Waals surface area (Å²) < 4.78 is 0. The molecule has 0 aliphatic heterocycles. The van der Waals surface area contributed by atoms with Gasteiger partial charge >= 0.3 is 0 Å². The summed E-state index contributed by atoms with van der Waals surface area (Å²) in [7, 11) is 0. The number of aromatic nitrogens is 1. The topological polar surface area (TPSA) is 38.9 Å². The average molecular weight is 253 g/mol. The maximum absolute atomic E-state index is 6.08. The van der Waals surface area contributed by atoms with Crippen LogP contribution in [-0.2, 0) is 0 Å². The molecule has 0 aliphatic rings. The van der Waals surface area contributed by atoms with Crippen LogP contribution in [0.2, 0.25) is 10.0 Å². The van der Waals surface area contributed by atoms with E-state index < -0.39 is 0 Å². The molecule has 0 saturated carbocycles. The molecule has 16 heavy (non-hydrogen) atoms. The van der Waals surface area contributed by atoms with E-state index in [4.69, 9.17) is 28.9 Å². The largest absolute Gasteiger partial charge is 0.319 e. The Morgan fingerprint density at radius 2 is 1.75 bits per heavy atom. The molecule has 0 saturated heterocycles.